The normalized spacial score (nSPS) is 20.7. The van der Waals surface area contributed by atoms with E-state index in [0.717, 1.165) is 32.0 Å². The number of carbonyl (C=O) groups excluding carboxylic acids is 2. The van der Waals surface area contributed by atoms with Crippen molar-refractivity contribution >= 4 is 40.9 Å². The second kappa shape index (κ2) is 11.3. The molecule has 1 aromatic rings. The Morgan fingerprint density at radius 2 is 1.79 bits per heavy atom. The molecule has 38 heavy (non-hydrogen) atoms. The van der Waals surface area contributed by atoms with Crippen molar-refractivity contribution in [3.8, 4) is 0 Å². The lowest BCUT2D eigenvalue weighted by Crippen LogP contribution is -2.53. The van der Waals surface area contributed by atoms with Crippen LogP contribution in [0.15, 0.2) is 51.6 Å². The number of pyridine rings is 1. The molecule has 14 heteroatoms. The minimum Gasteiger partial charge on any atom is -0.397 e. The van der Waals surface area contributed by atoms with Gasteiger partial charge in [-0.3, -0.25) is 9.59 Å². The molecule has 3 saturated heterocycles. The van der Waals surface area contributed by atoms with Gasteiger partial charge in [-0.05, 0) is 32.0 Å². The van der Waals surface area contributed by atoms with Gasteiger partial charge in [0.2, 0.25) is 0 Å². The maximum atomic E-state index is 13.1. The predicted molar refractivity (Wildman–Crippen MR) is 147 cm³/mol. The van der Waals surface area contributed by atoms with Gasteiger partial charge < -0.3 is 42.5 Å². The maximum Gasteiger partial charge on any atom is 0.300 e. The number of hydrogen-bond donors (Lipinski definition) is 5. The molecular formula is C24H34ClN11O2. The summed E-state index contributed by atoms with van der Waals surface area (Å²) in [6.45, 7) is 9.02. The summed E-state index contributed by atoms with van der Waals surface area (Å²) >= 11 is 5.84. The van der Waals surface area contributed by atoms with Crippen LogP contribution in [0.2, 0.25) is 0 Å². The number of piperidine rings is 1. The van der Waals surface area contributed by atoms with E-state index < -0.39 is 5.91 Å². The lowest BCUT2D eigenvalue weighted by Gasteiger charge is -2.38. The van der Waals surface area contributed by atoms with Crippen molar-refractivity contribution in [1.29, 1.82) is 0 Å². The Kier molecular flexibility index (Phi) is 8.07. The van der Waals surface area contributed by atoms with Crippen LogP contribution >= 0.6 is 11.6 Å². The van der Waals surface area contributed by atoms with Crippen molar-refractivity contribution in [2.75, 3.05) is 57.8 Å². The number of amides is 2. The predicted octanol–water partition coefficient (Wildman–Crippen LogP) is -0.920. The number of nitrogens with two attached hydrogens (primary N) is 3. The Morgan fingerprint density at radius 1 is 1.11 bits per heavy atom. The SMILES string of the molecule is C=C(N)/C(=N\C(Cl)=C(N)N)C(=O)/N=C1\NCC2(CCN(C(=O)c3ccc(N4CCN(C)CC4)nc3)CC2)N1. The maximum absolute atomic E-state index is 13.1. The molecule has 3 aliphatic rings. The van der Waals surface area contributed by atoms with Gasteiger partial charge in [0.05, 0.1) is 16.8 Å². The highest BCUT2D eigenvalue weighted by molar-refractivity contribution is 6.47. The first kappa shape index (κ1) is 27.2. The Morgan fingerprint density at radius 3 is 2.37 bits per heavy atom. The van der Waals surface area contributed by atoms with Crippen LogP contribution in [0.25, 0.3) is 0 Å². The number of halogens is 1. The third-order valence-electron chi connectivity index (χ3n) is 6.98. The minimum absolute atomic E-state index is 0.0428. The molecule has 13 nitrogen and oxygen atoms in total. The third-order valence-corrected chi connectivity index (χ3v) is 7.28. The standard InChI is InChI=1S/C24H34ClN11O2/c1-15(26)18(31-19(25)20(27)28)21(37)32-23-30-14-24(33-23)5-7-36(8-6-24)22(38)16-3-4-17(29-13-16)35-11-9-34(2)10-12-35/h3-4,13H,1,5-12,14,26-28H2,2H3,(H2,30,32,33,37)/b31-18+. The summed E-state index contributed by atoms with van der Waals surface area (Å²) in [6, 6.07) is 3.77. The summed E-state index contributed by atoms with van der Waals surface area (Å²) in [5.41, 5.74) is 16.3. The molecule has 1 spiro atoms. The van der Waals surface area contributed by atoms with Gasteiger partial charge in [-0.25, -0.2) is 9.98 Å². The molecule has 4 rings (SSSR count). The number of hydrogen-bond acceptors (Lipinski definition) is 9. The number of piperazine rings is 1. The first-order valence-corrected chi connectivity index (χ1v) is 12.7. The Hall–Kier alpha value is -3.84. The van der Waals surface area contributed by atoms with Gasteiger partial charge >= 0.3 is 5.91 Å². The Balaban J connectivity index is 1.34. The van der Waals surface area contributed by atoms with E-state index in [1.807, 2.05) is 17.0 Å². The molecule has 204 valence electrons. The molecule has 8 N–H and O–H groups in total. The van der Waals surface area contributed by atoms with Crippen molar-refractivity contribution < 1.29 is 9.59 Å². The van der Waals surface area contributed by atoms with Crippen LogP contribution in [-0.4, -0.2) is 96.7 Å². The molecule has 0 aromatic carbocycles. The van der Waals surface area contributed by atoms with Crippen molar-refractivity contribution in [3.63, 3.8) is 0 Å². The smallest absolute Gasteiger partial charge is 0.300 e. The Bertz CT molecular complexity index is 1170. The van der Waals surface area contributed by atoms with E-state index in [4.69, 9.17) is 28.8 Å². The van der Waals surface area contributed by atoms with Crippen LogP contribution in [0.3, 0.4) is 0 Å². The molecule has 2 amide bonds. The highest BCUT2D eigenvalue weighted by atomic mass is 35.5. The van der Waals surface area contributed by atoms with Gasteiger partial charge in [-0.1, -0.05) is 18.2 Å². The number of aliphatic imine (C=N–C) groups is 2. The first-order valence-electron chi connectivity index (χ1n) is 12.3. The monoisotopic (exact) mass is 543 g/mol. The van der Waals surface area contributed by atoms with E-state index in [1.165, 1.54) is 0 Å². The second-order valence-electron chi connectivity index (χ2n) is 9.74. The van der Waals surface area contributed by atoms with Crippen LogP contribution in [0.4, 0.5) is 5.82 Å². The number of likely N-dealkylation sites (tertiary alicyclic amines) is 1. The summed E-state index contributed by atoms with van der Waals surface area (Å²) in [5, 5.41) is 6.13. The zero-order chi connectivity index (χ0) is 27.4. The van der Waals surface area contributed by atoms with Gasteiger partial charge in [0.15, 0.2) is 16.8 Å². The average molecular weight is 544 g/mol. The Labute approximate surface area is 226 Å². The molecule has 3 aliphatic heterocycles. The van der Waals surface area contributed by atoms with Crippen molar-refractivity contribution in [3.05, 3.63) is 47.1 Å². The summed E-state index contributed by atoms with van der Waals surface area (Å²) in [4.78, 5) is 44.5. The van der Waals surface area contributed by atoms with Gasteiger partial charge in [0, 0.05) is 52.0 Å². The van der Waals surface area contributed by atoms with E-state index in [2.05, 4.69) is 49.0 Å². The lowest BCUT2D eigenvalue weighted by atomic mass is 9.88. The third kappa shape index (κ3) is 6.17. The van der Waals surface area contributed by atoms with E-state index in [9.17, 15) is 9.59 Å². The topological polar surface area (TPSA) is 184 Å². The van der Waals surface area contributed by atoms with Gasteiger partial charge in [0.25, 0.3) is 5.91 Å². The first-order chi connectivity index (χ1) is 18.1. The van der Waals surface area contributed by atoms with Crippen LogP contribution < -0.4 is 32.7 Å². The highest BCUT2D eigenvalue weighted by Crippen LogP contribution is 2.26. The quantitative estimate of drug-likeness (QED) is 0.230. The average Bonchev–Trinajstić information content (AvgIpc) is 3.28. The summed E-state index contributed by atoms with van der Waals surface area (Å²) in [5.74, 6) is 0.132. The largest absolute Gasteiger partial charge is 0.397 e. The summed E-state index contributed by atoms with van der Waals surface area (Å²) in [7, 11) is 2.11. The van der Waals surface area contributed by atoms with E-state index in [0.29, 0.717) is 38.0 Å². The fraction of sp³-hybridized carbons (Fsp3) is 0.458. The fourth-order valence-corrected chi connectivity index (χ4v) is 4.68. The highest BCUT2D eigenvalue weighted by Gasteiger charge is 2.41. The van der Waals surface area contributed by atoms with Gasteiger partial charge in [-0.15, -0.1) is 0 Å². The van der Waals surface area contributed by atoms with Crippen molar-refractivity contribution in [1.82, 2.24) is 25.4 Å². The number of anilines is 1. The lowest BCUT2D eigenvalue weighted by molar-refractivity contribution is -0.111. The molecule has 0 atom stereocenters. The van der Waals surface area contributed by atoms with Crippen LogP contribution in [0, 0.1) is 0 Å². The molecule has 0 unspecified atom stereocenters. The molecule has 0 saturated carbocycles. The van der Waals surface area contributed by atoms with E-state index >= 15 is 0 Å². The molecule has 0 bridgehead atoms. The van der Waals surface area contributed by atoms with E-state index in [1.54, 1.807) is 6.20 Å². The number of aromatic nitrogens is 1. The number of nitrogens with one attached hydrogen (secondary N) is 2. The van der Waals surface area contributed by atoms with E-state index in [-0.39, 0.29) is 39.8 Å². The number of likely N-dealkylation sites (N-methyl/N-ethyl adjacent to an activating group) is 1. The zero-order valence-corrected chi connectivity index (χ0v) is 22.2. The molecule has 0 radical (unpaired) electrons. The molecular weight excluding hydrogens is 510 g/mol. The van der Waals surface area contributed by atoms with Crippen molar-refractivity contribution in [2.45, 2.75) is 18.4 Å². The molecule has 0 aliphatic carbocycles. The van der Waals surface area contributed by atoms with Crippen LogP contribution in [0.5, 0.6) is 0 Å². The molecule has 4 heterocycles. The van der Waals surface area contributed by atoms with Crippen molar-refractivity contribution in [2.24, 2.45) is 27.2 Å². The fourth-order valence-electron chi connectivity index (χ4n) is 4.59. The molecule has 1 aromatic heterocycles. The number of guanidine groups is 1. The second-order valence-corrected chi connectivity index (χ2v) is 10.1. The van der Waals surface area contributed by atoms with Gasteiger partial charge in [-0.2, -0.15) is 4.99 Å². The van der Waals surface area contributed by atoms with Crippen LogP contribution in [0.1, 0.15) is 23.2 Å². The summed E-state index contributed by atoms with van der Waals surface area (Å²) in [6.07, 6.45) is 3.01. The zero-order valence-electron chi connectivity index (χ0n) is 21.4. The van der Waals surface area contributed by atoms with Crippen LogP contribution in [-0.2, 0) is 4.79 Å². The van der Waals surface area contributed by atoms with Gasteiger partial charge in [0.1, 0.15) is 11.6 Å². The number of rotatable bonds is 5. The minimum atomic E-state index is -0.746. The number of carbonyl (C=O) groups is 2. The molecule has 3 fully saturated rings. The number of nitrogens with zero attached hydrogens (tertiary/aromatic N) is 6. The summed E-state index contributed by atoms with van der Waals surface area (Å²) < 4.78 is 0.